The van der Waals surface area contributed by atoms with Crippen molar-refractivity contribution in [1.29, 1.82) is 0 Å². The molecule has 0 heterocycles. The van der Waals surface area contributed by atoms with Gasteiger partial charge in [0.05, 0.1) is 0 Å². The molecule has 0 radical (unpaired) electrons. The molecule has 84 valence electrons. The SMILES string of the molecule is CC(C)O.CC[P+](=O)OP(=O)(O)O.[Ti]. The van der Waals surface area contributed by atoms with Crippen molar-refractivity contribution in [1.82, 2.24) is 0 Å². The van der Waals surface area contributed by atoms with E-state index in [0.29, 0.717) is 0 Å². The summed E-state index contributed by atoms with van der Waals surface area (Å²) < 4.78 is 23.9. The van der Waals surface area contributed by atoms with Gasteiger partial charge < -0.3 is 14.9 Å². The monoisotopic (exact) mass is 281 g/mol. The van der Waals surface area contributed by atoms with Gasteiger partial charge in [-0.2, -0.15) is 0 Å². The minimum Gasteiger partial charge on any atom is -0.394 e. The van der Waals surface area contributed by atoms with Crippen LogP contribution >= 0.6 is 15.9 Å². The van der Waals surface area contributed by atoms with E-state index in [1.54, 1.807) is 13.8 Å². The van der Waals surface area contributed by atoms with Crippen molar-refractivity contribution >= 4 is 15.9 Å². The first-order valence-corrected chi connectivity index (χ1v) is 6.46. The van der Waals surface area contributed by atoms with Crippen molar-refractivity contribution in [3.05, 3.63) is 0 Å². The van der Waals surface area contributed by atoms with Crippen LogP contribution in [0, 0.1) is 0 Å². The summed E-state index contributed by atoms with van der Waals surface area (Å²) >= 11 is 0. The Morgan fingerprint density at radius 3 is 1.79 bits per heavy atom. The van der Waals surface area contributed by atoms with Crippen LogP contribution in [-0.2, 0) is 35.2 Å². The van der Waals surface area contributed by atoms with Gasteiger partial charge in [0, 0.05) is 27.8 Å². The molecule has 6 nitrogen and oxygen atoms in total. The second kappa shape index (κ2) is 10.4. The van der Waals surface area contributed by atoms with E-state index in [9.17, 15) is 9.13 Å². The Morgan fingerprint density at radius 2 is 1.71 bits per heavy atom. The van der Waals surface area contributed by atoms with Gasteiger partial charge in [-0.1, -0.05) is 0 Å². The molecule has 1 unspecified atom stereocenters. The molecule has 0 saturated heterocycles. The first-order valence-electron chi connectivity index (χ1n) is 3.57. The summed E-state index contributed by atoms with van der Waals surface area (Å²) in [6, 6.07) is 0. The number of hydrogen-bond acceptors (Lipinski definition) is 4. The summed E-state index contributed by atoms with van der Waals surface area (Å²) in [5.74, 6) is 0. The molecule has 0 spiro atoms. The number of hydrogen-bond donors (Lipinski definition) is 3. The zero-order valence-corrected chi connectivity index (χ0v) is 11.6. The van der Waals surface area contributed by atoms with Gasteiger partial charge >= 0.3 is 15.9 Å². The molecule has 0 fully saturated rings. The largest absolute Gasteiger partial charge is 0.518 e. The normalized spacial score (nSPS) is 11.2. The van der Waals surface area contributed by atoms with Gasteiger partial charge in [-0.05, 0) is 29.6 Å². The van der Waals surface area contributed by atoms with Crippen molar-refractivity contribution in [2.45, 2.75) is 26.9 Å². The van der Waals surface area contributed by atoms with Crippen LogP contribution in [0.3, 0.4) is 0 Å². The van der Waals surface area contributed by atoms with Crippen LogP contribution in [0.4, 0.5) is 0 Å². The quantitative estimate of drug-likeness (QED) is 0.531. The van der Waals surface area contributed by atoms with Crippen molar-refractivity contribution in [2.24, 2.45) is 0 Å². The minimum absolute atomic E-state index is 0. The Balaban J connectivity index is -0.000000209. The van der Waals surface area contributed by atoms with Crippen molar-refractivity contribution in [3.63, 3.8) is 0 Å². The smallest absolute Gasteiger partial charge is 0.394 e. The van der Waals surface area contributed by atoms with Crippen molar-refractivity contribution in [3.8, 4) is 0 Å². The Bertz CT molecular complexity index is 188. The average Bonchev–Trinajstić information content (AvgIpc) is 1.82. The molecule has 0 bridgehead atoms. The van der Waals surface area contributed by atoms with E-state index in [1.807, 2.05) is 0 Å². The molecule has 0 rings (SSSR count). The molecular weight excluding hydrogens is 266 g/mol. The Hall–Kier alpha value is 0.884. The predicted molar refractivity (Wildman–Crippen MR) is 48.6 cm³/mol. The van der Waals surface area contributed by atoms with Crippen LogP contribution < -0.4 is 0 Å². The molecule has 0 aromatic heterocycles. The number of rotatable bonds is 3. The van der Waals surface area contributed by atoms with Crippen molar-refractivity contribution in [2.75, 3.05) is 6.16 Å². The fraction of sp³-hybridized carbons (Fsp3) is 1.00. The molecular formula is C5H15O6P2Ti+. The van der Waals surface area contributed by atoms with Gasteiger partial charge in [0.2, 0.25) is 0 Å². The van der Waals surface area contributed by atoms with Gasteiger partial charge in [-0.15, -0.1) is 0 Å². The molecule has 0 amide bonds. The third-order valence-electron chi connectivity index (χ3n) is 0.456. The van der Waals surface area contributed by atoms with Crippen molar-refractivity contribution < 1.29 is 50.1 Å². The van der Waals surface area contributed by atoms with Gasteiger partial charge in [0.1, 0.15) is 0 Å². The zero-order valence-electron chi connectivity index (χ0n) is 8.25. The summed E-state index contributed by atoms with van der Waals surface area (Å²) in [7, 11) is -6.70. The van der Waals surface area contributed by atoms with E-state index < -0.39 is 15.9 Å². The van der Waals surface area contributed by atoms with Gasteiger partial charge in [-0.25, -0.2) is 4.57 Å². The molecule has 3 N–H and O–H groups in total. The summed E-state index contributed by atoms with van der Waals surface area (Å²) in [4.78, 5) is 16.0. The van der Waals surface area contributed by atoms with E-state index >= 15 is 0 Å². The molecule has 1 atom stereocenters. The second-order valence-corrected chi connectivity index (χ2v) is 5.25. The Labute approximate surface area is 99.0 Å². The van der Waals surface area contributed by atoms with Gasteiger partial charge in [0.15, 0.2) is 6.16 Å². The van der Waals surface area contributed by atoms with E-state index in [0.717, 1.165) is 0 Å². The number of aliphatic hydroxyl groups excluding tert-OH is 1. The first-order chi connectivity index (χ1) is 5.69. The third-order valence-corrected chi connectivity index (χ3v) is 2.55. The second-order valence-electron chi connectivity index (χ2n) is 2.31. The molecule has 9 heteroatoms. The summed E-state index contributed by atoms with van der Waals surface area (Å²) in [5.41, 5.74) is 0. The molecule has 0 aliphatic heterocycles. The van der Waals surface area contributed by atoms with E-state index in [-0.39, 0.29) is 34.0 Å². The molecule has 0 saturated carbocycles. The summed E-state index contributed by atoms with van der Waals surface area (Å²) in [6.45, 7) is 4.95. The Morgan fingerprint density at radius 1 is 1.43 bits per heavy atom. The maximum Gasteiger partial charge on any atom is 0.518 e. The fourth-order valence-electron chi connectivity index (χ4n) is 0.176. The third kappa shape index (κ3) is 29.3. The van der Waals surface area contributed by atoms with E-state index in [1.165, 1.54) is 6.92 Å². The maximum atomic E-state index is 10.3. The molecule has 0 aliphatic rings. The van der Waals surface area contributed by atoms with Crippen LogP contribution in [0.2, 0.25) is 0 Å². The topological polar surface area (TPSA) is 104 Å². The first kappa shape index (κ1) is 20.3. The number of phosphoric acid groups is 1. The van der Waals surface area contributed by atoms with Crippen LogP contribution in [0.25, 0.3) is 0 Å². The van der Waals surface area contributed by atoms with Gasteiger partial charge in [0.25, 0.3) is 0 Å². The maximum absolute atomic E-state index is 10.3. The summed E-state index contributed by atoms with van der Waals surface area (Å²) in [6.07, 6.45) is -0.0551. The minimum atomic E-state index is -4.52. The zero-order chi connectivity index (χ0) is 11.1. The predicted octanol–water partition coefficient (Wildman–Crippen LogP) is 1.24. The Kier molecular flexibility index (Phi) is 15.1. The molecule has 0 aromatic carbocycles. The molecule has 14 heavy (non-hydrogen) atoms. The fourth-order valence-corrected chi connectivity index (χ4v) is 1.59. The summed E-state index contributed by atoms with van der Waals surface area (Å²) in [5, 5.41) is 8.06. The number of aliphatic hydroxyl groups is 1. The molecule has 0 aliphatic carbocycles. The van der Waals surface area contributed by atoms with Crippen LogP contribution in [0.5, 0.6) is 0 Å². The van der Waals surface area contributed by atoms with Crippen LogP contribution in [0.1, 0.15) is 20.8 Å². The van der Waals surface area contributed by atoms with E-state index in [4.69, 9.17) is 14.9 Å². The molecule has 0 aromatic rings. The van der Waals surface area contributed by atoms with Crippen LogP contribution in [0.15, 0.2) is 0 Å². The van der Waals surface area contributed by atoms with Gasteiger partial charge in [-0.3, -0.25) is 0 Å². The van der Waals surface area contributed by atoms with E-state index in [2.05, 4.69) is 4.31 Å². The average molecular weight is 281 g/mol. The standard InChI is InChI=1S/C3H8O.C2H6O5P2.Ti/c1-3(2)4;1-2-8(3)7-9(4,5)6;/h3-4H,1-2H3;2H2,1H3,(H-,4,5,6);/p+1. The van der Waals surface area contributed by atoms with Crippen LogP contribution in [-0.4, -0.2) is 27.2 Å².